The molecule has 2 heteroatoms. The van der Waals surface area contributed by atoms with Gasteiger partial charge in [-0.2, -0.15) is 0 Å². The SMILES string of the molecule is CCCC1CN(c2ccccc2C(C)C)C(C(C)C)CN1. The summed E-state index contributed by atoms with van der Waals surface area (Å²) in [5, 5.41) is 3.76. The van der Waals surface area contributed by atoms with Crippen LogP contribution in [-0.4, -0.2) is 25.2 Å². The highest BCUT2D eigenvalue weighted by Gasteiger charge is 2.30. The topological polar surface area (TPSA) is 15.3 Å². The Bertz CT molecular complexity index is 439. The zero-order chi connectivity index (χ0) is 15.4. The van der Waals surface area contributed by atoms with E-state index in [0.717, 1.165) is 13.1 Å². The van der Waals surface area contributed by atoms with Crippen molar-refractivity contribution in [2.24, 2.45) is 5.92 Å². The van der Waals surface area contributed by atoms with Crippen molar-refractivity contribution in [3.05, 3.63) is 29.8 Å². The first-order chi connectivity index (χ1) is 10.0. The molecule has 0 amide bonds. The molecular weight excluding hydrogens is 256 g/mol. The van der Waals surface area contributed by atoms with Gasteiger partial charge in [0.25, 0.3) is 0 Å². The summed E-state index contributed by atoms with van der Waals surface area (Å²) in [6, 6.07) is 10.2. The van der Waals surface area contributed by atoms with Crippen molar-refractivity contribution in [3.8, 4) is 0 Å². The van der Waals surface area contributed by atoms with Crippen molar-refractivity contribution < 1.29 is 0 Å². The molecule has 0 radical (unpaired) electrons. The van der Waals surface area contributed by atoms with Gasteiger partial charge in [0.1, 0.15) is 0 Å². The van der Waals surface area contributed by atoms with Gasteiger partial charge in [0.2, 0.25) is 0 Å². The zero-order valence-electron chi connectivity index (χ0n) is 14.4. The van der Waals surface area contributed by atoms with E-state index in [1.807, 2.05) is 0 Å². The van der Waals surface area contributed by atoms with Crippen LogP contribution in [0.1, 0.15) is 58.9 Å². The summed E-state index contributed by atoms with van der Waals surface area (Å²) in [6.45, 7) is 13.8. The van der Waals surface area contributed by atoms with Crippen LogP contribution in [0.2, 0.25) is 0 Å². The highest BCUT2D eigenvalue weighted by molar-refractivity contribution is 5.56. The Balaban J connectivity index is 2.31. The molecule has 0 spiro atoms. The molecule has 2 atom stereocenters. The van der Waals surface area contributed by atoms with Crippen LogP contribution in [0.15, 0.2) is 24.3 Å². The maximum Gasteiger partial charge on any atom is 0.0438 e. The van der Waals surface area contributed by atoms with E-state index in [1.54, 1.807) is 0 Å². The Morgan fingerprint density at radius 3 is 2.52 bits per heavy atom. The molecule has 2 unspecified atom stereocenters. The lowest BCUT2D eigenvalue weighted by atomic mass is 9.93. The molecule has 2 rings (SSSR count). The highest BCUT2D eigenvalue weighted by Crippen LogP contribution is 2.31. The third-order valence-corrected chi connectivity index (χ3v) is 4.71. The molecule has 0 aromatic heterocycles. The second-order valence-corrected chi connectivity index (χ2v) is 7.07. The molecule has 1 aromatic rings. The van der Waals surface area contributed by atoms with Gasteiger partial charge in [-0.05, 0) is 29.9 Å². The number of nitrogens with one attached hydrogen (secondary N) is 1. The fourth-order valence-electron chi connectivity index (χ4n) is 3.49. The van der Waals surface area contributed by atoms with Gasteiger partial charge < -0.3 is 10.2 Å². The monoisotopic (exact) mass is 288 g/mol. The van der Waals surface area contributed by atoms with Gasteiger partial charge in [-0.3, -0.25) is 0 Å². The van der Waals surface area contributed by atoms with E-state index in [9.17, 15) is 0 Å². The average Bonchev–Trinajstić information content (AvgIpc) is 2.47. The molecule has 118 valence electrons. The minimum Gasteiger partial charge on any atom is -0.365 e. The fraction of sp³-hybridized carbons (Fsp3) is 0.684. The van der Waals surface area contributed by atoms with Crippen LogP contribution in [0.4, 0.5) is 5.69 Å². The predicted molar refractivity (Wildman–Crippen MR) is 93.2 cm³/mol. The molecule has 0 aliphatic carbocycles. The van der Waals surface area contributed by atoms with Crippen molar-refractivity contribution in [3.63, 3.8) is 0 Å². The number of anilines is 1. The second kappa shape index (κ2) is 7.31. The molecular formula is C19H32N2. The minimum absolute atomic E-state index is 0.577. The largest absolute Gasteiger partial charge is 0.365 e. The fourth-order valence-corrected chi connectivity index (χ4v) is 3.49. The van der Waals surface area contributed by atoms with Crippen LogP contribution < -0.4 is 10.2 Å². The number of benzene rings is 1. The lowest BCUT2D eigenvalue weighted by Crippen LogP contribution is -2.58. The third-order valence-electron chi connectivity index (χ3n) is 4.71. The molecule has 1 aliphatic rings. The number of hydrogen-bond donors (Lipinski definition) is 1. The molecule has 1 heterocycles. The van der Waals surface area contributed by atoms with E-state index in [1.165, 1.54) is 24.1 Å². The molecule has 1 fully saturated rings. The highest BCUT2D eigenvalue weighted by atomic mass is 15.2. The number of nitrogens with zero attached hydrogens (tertiary/aromatic N) is 1. The van der Waals surface area contributed by atoms with Crippen LogP contribution >= 0.6 is 0 Å². The molecule has 0 saturated carbocycles. The quantitative estimate of drug-likeness (QED) is 0.863. The third kappa shape index (κ3) is 3.79. The van der Waals surface area contributed by atoms with Crippen molar-refractivity contribution in [2.75, 3.05) is 18.0 Å². The first-order valence-electron chi connectivity index (χ1n) is 8.63. The molecule has 1 aliphatic heterocycles. The molecule has 0 bridgehead atoms. The lowest BCUT2D eigenvalue weighted by molar-refractivity contribution is 0.327. The van der Waals surface area contributed by atoms with E-state index in [-0.39, 0.29) is 0 Å². The average molecular weight is 288 g/mol. The Hall–Kier alpha value is -1.02. The van der Waals surface area contributed by atoms with Crippen molar-refractivity contribution in [2.45, 2.75) is 65.5 Å². The summed E-state index contributed by atoms with van der Waals surface area (Å²) >= 11 is 0. The van der Waals surface area contributed by atoms with Crippen molar-refractivity contribution in [1.29, 1.82) is 0 Å². The second-order valence-electron chi connectivity index (χ2n) is 7.07. The number of piperazine rings is 1. The van der Waals surface area contributed by atoms with Gasteiger partial charge in [-0.1, -0.05) is 59.2 Å². The Labute approximate surface area is 130 Å². The summed E-state index contributed by atoms with van der Waals surface area (Å²) in [5.41, 5.74) is 2.94. The number of para-hydroxylation sites is 1. The first-order valence-corrected chi connectivity index (χ1v) is 8.63. The van der Waals surface area contributed by atoms with E-state index in [4.69, 9.17) is 0 Å². The summed E-state index contributed by atoms with van der Waals surface area (Å²) < 4.78 is 0. The molecule has 1 aromatic carbocycles. The standard InChI is InChI=1S/C19H32N2/c1-6-9-16-13-21(19(12-20-16)15(4)5)18-11-8-7-10-17(18)14(2)3/h7-8,10-11,14-16,19-20H,6,9,12-13H2,1-5H3. The zero-order valence-corrected chi connectivity index (χ0v) is 14.4. The summed E-state index contributed by atoms with van der Waals surface area (Å²) in [6.07, 6.45) is 2.52. The molecule has 2 nitrogen and oxygen atoms in total. The van der Waals surface area contributed by atoms with E-state index < -0.39 is 0 Å². The Morgan fingerprint density at radius 2 is 1.90 bits per heavy atom. The number of hydrogen-bond acceptors (Lipinski definition) is 2. The van der Waals surface area contributed by atoms with Crippen molar-refractivity contribution >= 4 is 5.69 Å². The molecule has 1 N–H and O–H groups in total. The van der Waals surface area contributed by atoms with Crippen molar-refractivity contribution in [1.82, 2.24) is 5.32 Å². The summed E-state index contributed by atoms with van der Waals surface area (Å²) in [5.74, 6) is 1.24. The van der Waals surface area contributed by atoms with Crippen LogP contribution in [0.5, 0.6) is 0 Å². The number of rotatable bonds is 5. The van der Waals surface area contributed by atoms with E-state index in [2.05, 4.69) is 69.1 Å². The Kier molecular flexibility index (Phi) is 5.69. The van der Waals surface area contributed by atoms with E-state index in [0.29, 0.717) is 23.9 Å². The summed E-state index contributed by atoms with van der Waals surface area (Å²) in [7, 11) is 0. The van der Waals surface area contributed by atoms with Gasteiger partial charge in [0.05, 0.1) is 0 Å². The lowest BCUT2D eigenvalue weighted by Gasteiger charge is -2.45. The van der Waals surface area contributed by atoms with Gasteiger partial charge in [-0.15, -0.1) is 0 Å². The maximum atomic E-state index is 3.76. The predicted octanol–water partition coefficient (Wildman–Crippen LogP) is 4.41. The van der Waals surface area contributed by atoms with Crippen LogP contribution in [-0.2, 0) is 0 Å². The van der Waals surface area contributed by atoms with Gasteiger partial charge >= 0.3 is 0 Å². The Morgan fingerprint density at radius 1 is 1.19 bits per heavy atom. The van der Waals surface area contributed by atoms with E-state index >= 15 is 0 Å². The van der Waals surface area contributed by atoms with Gasteiger partial charge in [0, 0.05) is 30.9 Å². The smallest absolute Gasteiger partial charge is 0.0438 e. The summed E-state index contributed by atoms with van der Waals surface area (Å²) in [4.78, 5) is 2.68. The van der Waals surface area contributed by atoms with Gasteiger partial charge in [0.15, 0.2) is 0 Å². The minimum atomic E-state index is 0.577. The molecule has 1 saturated heterocycles. The maximum absolute atomic E-state index is 3.76. The molecule has 21 heavy (non-hydrogen) atoms. The van der Waals surface area contributed by atoms with Crippen LogP contribution in [0, 0.1) is 5.92 Å². The normalized spacial score (nSPS) is 23.1. The van der Waals surface area contributed by atoms with Crippen LogP contribution in [0.3, 0.4) is 0 Å². The first kappa shape index (κ1) is 16.4. The van der Waals surface area contributed by atoms with Gasteiger partial charge in [-0.25, -0.2) is 0 Å². The van der Waals surface area contributed by atoms with Crippen LogP contribution in [0.25, 0.3) is 0 Å².